The highest BCUT2D eigenvalue weighted by atomic mass is 32.2. The molecule has 0 aliphatic carbocycles. The molecule has 2 saturated heterocycles. The van der Waals surface area contributed by atoms with Crippen LogP contribution in [0.15, 0.2) is 41.8 Å². The smallest absolute Gasteiger partial charge is 0.334 e. The van der Waals surface area contributed by atoms with Crippen LogP contribution in [-0.2, 0) is 16.1 Å². The van der Waals surface area contributed by atoms with Gasteiger partial charge in [-0.2, -0.15) is 5.01 Å². The fourth-order valence-electron chi connectivity index (χ4n) is 5.08. The van der Waals surface area contributed by atoms with Gasteiger partial charge in [0.2, 0.25) is 11.8 Å². The minimum Gasteiger partial charge on any atom is -0.337 e. The van der Waals surface area contributed by atoms with Gasteiger partial charge in [0.25, 0.3) is 0 Å². The van der Waals surface area contributed by atoms with Crippen LogP contribution < -0.4 is 5.32 Å². The Labute approximate surface area is 218 Å². The van der Waals surface area contributed by atoms with Crippen LogP contribution in [0.4, 0.5) is 4.79 Å². The minimum absolute atomic E-state index is 0.0148. The van der Waals surface area contributed by atoms with E-state index in [1.807, 2.05) is 35.2 Å². The molecule has 8 nitrogen and oxygen atoms in total. The van der Waals surface area contributed by atoms with Gasteiger partial charge >= 0.3 is 6.03 Å². The third-order valence-electron chi connectivity index (χ3n) is 6.92. The van der Waals surface area contributed by atoms with Gasteiger partial charge in [-0.15, -0.1) is 18.2 Å². The predicted octanol–water partition coefficient (Wildman–Crippen LogP) is 3.03. The first-order chi connectivity index (χ1) is 17.5. The highest BCUT2D eigenvalue weighted by molar-refractivity contribution is 8.03. The molecule has 0 bridgehead atoms. The van der Waals surface area contributed by atoms with Gasteiger partial charge in [0.15, 0.2) is 0 Å². The number of hydrazine groups is 1. The normalized spacial score (nSPS) is 24.1. The summed E-state index contributed by atoms with van der Waals surface area (Å²) >= 11 is 1.80. The summed E-state index contributed by atoms with van der Waals surface area (Å²) in [5, 5.41) is 8.77. The number of carbonyl (C=O) groups is 3. The molecule has 1 unspecified atom stereocenters. The van der Waals surface area contributed by atoms with Gasteiger partial charge < -0.3 is 15.1 Å². The van der Waals surface area contributed by atoms with Crippen LogP contribution in [0.5, 0.6) is 0 Å². The SMILES string of the molecule is C#CCN1CC(=O)N2[C@@H](CCCC)C(=O)N(CCC3CC=CS3)C[C@@H]2N1C(=O)NCc1ccccc1. The fraction of sp³-hybridized carbons (Fsp3) is 0.519. The molecular weight excluding hydrogens is 474 g/mol. The van der Waals surface area contributed by atoms with Crippen LogP contribution in [0, 0.1) is 12.3 Å². The molecule has 4 amide bonds. The maximum absolute atomic E-state index is 13.6. The highest BCUT2D eigenvalue weighted by Crippen LogP contribution is 2.31. The van der Waals surface area contributed by atoms with Crippen molar-refractivity contribution in [3.8, 4) is 12.3 Å². The van der Waals surface area contributed by atoms with Crippen molar-refractivity contribution in [1.82, 2.24) is 25.1 Å². The number of allylic oxidation sites excluding steroid dienone is 1. The van der Waals surface area contributed by atoms with E-state index < -0.39 is 12.2 Å². The van der Waals surface area contributed by atoms with E-state index in [0.29, 0.717) is 24.8 Å². The molecule has 0 aromatic heterocycles. The van der Waals surface area contributed by atoms with E-state index in [9.17, 15) is 14.4 Å². The zero-order chi connectivity index (χ0) is 25.5. The van der Waals surface area contributed by atoms with E-state index in [-0.39, 0.29) is 37.5 Å². The molecule has 3 atom stereocenters. The maximum Gasteiger partial charge on any atom is 0.334 e. The second kappa shape index (κ2) is 12.3. The van der Waals surface area contributed by atoms with Crippen molar-refractivity contribution >= 4 is 29.6 Å². The van der Waals surface area contributed by atoms with Crippen LogP contribution in [0.1, 0.15) is 44.6 Å². The Morgan fingerprint density at radius 1 is 1.22 bits per heavy atom. The number of amides is 4. The summed E-state index contributed by atoms with van der Waals surface area (Å²) in [6.07, 6.45) is 11.4. The van der Waals surface area contributed by atoms with Crippen LogP contribution in [0.3, 0.4) is 0 Å². The number of nitrogens with one attached hydrogen (secondary N) is 1. The molecule has 36 heavy (non-hydrogen) atoms. The summed E-state index contributed by atoms with van der Waals surface area (Å²) in [6.45, 7) is 3.41. The quantitative estimate of drug-likeness (QED) is 0.518. The summed E-state index contributed by atoms with van der Waals surface area (Å²) in [6, 6.07) is 8.78. The molecule has 192 valence electrons. The second-order valence-corrected chi connectivity index (χ2v) is 10.6. The number of rotatable bonds is 9. The van der Waals surface area contributed by atoms with E-state index in [1.165, 1.54) is 0 Å². The summed E-state index contributed by atoms with van der Waals surface area (Å²) in [7, 11) is 0. The Kier molecular flexibility index (Phi) is 8.94. The second-order valence-electron chi connectivity index (χ2n) is 9.39. The van der Waals surface area contributed by atoms with E-state index in [4.69, 9.17) is 6.42 Å². The molecule has 9 heteroatoms. The number of piperazine rings is 1. The predicted molar refractivity (Wildman–Crippen MR) is 141 cm³/mol. The van der Waals surface area contributed by atoms with Crippen molar-refractivity contribution in [3.63, 3.8) is 0 Å². The molecule has 3 aliphatic heterocycles. The van der Waals surface area contributed by atoms with Gasteiger partial charge in [-0.1, -0.05) is 62.1 Å². The van der Waals surface area contributed by atoms with Gasteiger partial charge in [-0.3, -0.25) is 9.59 Å². The van der Waals surface area contributed by atoms with E-state index in [0.717, 1.165) is 31.2 Å². The number of fused-ring (bicyclic) bond motifs is 1. The molecule has 1 aromatic carbocycles. The lowest BCUT2D eigenvalue weighted by atomic mass is 10.0. The first-order valence-electron chi connectivity index (χ1n) is 12.7. The Bertz CT molecular complexity index is 1000. The lowest BCUT2D eigenvalue weighted by Gasteiger charge is -2.55. The van der Waals surface area contributed by atoms with Crippen molar-refractivity contribution in [2.75, 3.05) is 26.2 Å². The number of terminal acetylenes is 1. The van der Waals surface area contributed by atoms with Gasteiger partial charge in [0, 0.05) is 18.3 Å². The van der Waals surface area contributed by atoms with Crippen LogP contribution in [0.25, 0.3) is 0 Å². The molecule has 3 aliphatic rings. The van der Waals surface area contributed by atoms with E-state index in [2.05, 4.69) is 29.6 Å². The Morgan fingerprint density at radius 3 is 2.72 bits per heavy atom. The van der Waals surface area contributed by atoms with Gasteiger partial charge in [0.05, 0.1) is 19.6 Å². The average molecular weight is 510 g/mol. The summed E-state index contributed by atoms with van der Waals surface area (Å²) in [5.74, 6) is 2.41. The molecular formula is C27H35N5O3S. The minimum atomic E-state index is -0.593. The van der Waals surface area contributed by atoms with Gasteiger partial charge in [0.1, 0.15) is 12.2 Å². The van der Waals surface area contributed by atoms with Crippen LogP contribution in [-0.4, -0.2) is 81.3 Å². The molecule has 0 radical (unpaired) electrons. The topological polar surface area (TPSA) is 76.2 Å². The molecule has 1 aromatic rings. The number of hydrogen-bond acceptors (Lipinski definition) is 5. The maximum atomic E-state index is 13.6. The van der Waals surface area contributed by atoms with Crippen LogP contribution in [0.2, 0.25) is 0 Å². The molecule has 2 fully saturated rings. The van der Waals surface area contributed by atoms with Crippen molar-refractivity contribution < 1.29 is 14.4 Å². The summed E-state index contributed by atoms with van der Waals surface area (Å²) in [4.78, 5) is 44.0. The first-order valence-corrected chi connectivity index (χ1v) is 13.7. The number of nitrogens with zero attached hydrogens (tertiary/aromatic N) is 4. The van der Waals surface area contributed by atoms with E-state index >= 15 is 0 Å². The van der Waals surface area contributed by atoms with Crippen molar-refractivity contribution in [2.24, 2.45) is 0 Å². The van der Waals surface area contributed by atoms with Crippen molar-refractivity contribution in [3.05, 3.63) is 47.4 Å². The molecule has 0 spiro atoms. The average Bonchev–Trinajstić information content (AvgIpc) is 3.40. The monoisotopic (exact) mass is 509 g/mol. The number of unbranched alkanes of at least 4 members (excludes halogenated alkanes) is 1. The lowest BCUT2D eigenvalue weighted by Crippen LogP contribution is -2.76. The number of hydrogen-bond donors (Lipinski definition) is 1. The van der Waals surface area contributed by atoms with E-state index in [1.54, 1.807) is 26.7 Å². The summed E-state index contributed by atoms with van der Waals surface area (Å²) in [5.41, 5.74) is 0.975. The highest BCUT2D eigenvalue weighted by Gasteiger charge is 2.51. The molecule has 0 saturated carbocycles. The largest absolute Gasteiger partial charge is 0.337 e. The van der Waals surface area contributed by atoms with Crippen molar-refractivity contribution in [2.45, 2.75) is 63.0 Å². The lowest BCUT2D eigenvalue weighted by molar-refractivity contribution is -0.189. The number of benzene rings is 1. The molecule has 3 heterocycles. The Morgan fingerprint density at radius 2 is 2.03 bits per heavy atom. The third kappa shape index (κ3) is 5.88. The fourth-order valence-corrected chi connectivity index (χ4v) is 5.99. The first kappa shape index (κ1) is 26.1. The molecule has 1 N–H and O–H groups in total. The Balaban J connectivity index is 1.58. The number of thioether (sulfide) groups is 1. The van der Waals surface area contributed by atoms with Gasteiger partial charge in [-0.05, 0) is 30.2 Å². The number of urea groups is 1. The number of carbonyl (C=O) groups excluding carboxylic acids is 3. The third-order valence-corrected chi connectivity index (χ3v) is 8.08. The zero-order valence-electron chi connectivity index (χ0n) is 20.8. The zero-order valence-corrected chi connectivity index (χ0v) is 21.7. The van der Waals surface area contributed by atoms with Gasteiger partial charge in [-0.25, -0.2) is 9.80 Å². The summed E-state index contributed by atoms with van der Waals surface area (Å²) < 4.78 is 0. The van der Waals surface area contributed by atoms with Crippen molar-refractivity contribution in [1.29, 1.82) is 0 Å². The Hall–Kier alpha value is -2.96. The standard InChI is InChI=1S/C27H35N5O3S/c1-3-5-13-23-26(34)29(16-14-22-12-9-17-36-22)19-24-31(23)25(33)20-30(15-4-2)32(24)27(35)28-18-21-10-7-6-8-11-21/h2,6-11,17,22-24H,3,5,12-16,18-20H2,1H3,(H,28,35)/t22?,23-,24-/m0/s1. The molecule has 4 rings (SSSR count). The van der Waals surface area contributed by atoms with Crippen LogP contribution >= 0.6 is 11.8 Å².